The fourth-order valence-corrected chi connectivity index (χ4v) is 2.22. The molecule has 1 N–H and O–H groups in total. The first-order chi connectivity index (χ1) is 11.5. The maximum Gasteiger partial charge on any atom is 0.258 e. The van der Waals surface area contributed by atoms with Gasteiger partial charge < -0.3 is 9.84 Å². The zero-order valence-corrected chi connectivity index (χ0v) is 13.3. The summed E-state index contributed by atoms with van der Waals surface area (Å²) >= 11 is 0. The molecule has 0 aliphatic carbocycles. The monoisotopic (exact) mass is 325 g/mol. The number of rotatable bonds is 4. The highest BCUT2D eigenvalue weighted by Crippen LogP contribution is 2.23. The van der Waals surface area contributed by atoms with Crippen molar-refractivity contribution in [2.45, 2.75) is 19.9 Å². The van der Waals surface area contributed by atoms with Gasteiger partial charge in [-0.2, -0.15) is 4.98 Å². The molecule has 1 aromatic heterocycles. The molecule has 6 heteroatoms. The topological polar surface area (TPSA) is 68.0 Å². The second kappa shape index (κ2) is 6.62. The summed E-state index contributed by atoms with van der Waals surface area (Å²) in [5, 5.41) is 6.74. The molecule has 5 nitrogen and oxygen atoms in total. The fourth-order valence-electron chi connectivity index (χ4n) is 2.22. The molecule has 3 aromatic rings. The molecule has 0 atom stereocenters. The zero-order valence-electron chi connectivity index (χ0n) is 13.3. The van der Waals surface area contributed by atoms with Gasteiger partial charge in [-0.25, -0.2) is 4.39 Å². The second-order valence-corrected chi connectivity index (χ2v) is 5.64. The Labute approximate surface area is 138 Å². The van der Waals surface area contributed by atoms with Crippen LogP contribution in [0.4, 0.5) is 4.39 Å². The summed E-state index contributed by atoms with van der Waals surface area (Å²) in [6.07, 6.45) is 0. The van der Waals surface area contributed by atoms with E-state index in [1.807, 2.05) is 13.8 Å². The number of aromatic nitrogens is 2. The van der Waals surface area contributed by atoms with Crippen molar-refractivity contribution < 1.29 is 13.7 Å². The first-order valence-electron chi connectivity index (χ1n) is 7.54. The number of carbonyl (C=O) groups is 1. The van der Waals surface area contributed by atoms with E-state index >= 15 is 0 Å². The van der Waals surface area contributed by atoms with Crippen LogP contribution in [0.1, 0.15) is 24.2 Å². The van der Waals surface area contributed by atoms with Gasteiger partial charge in [-0.3, -0.25) is 4.79 Å². The predicted molar refractivity (Wildman–Crippen MR) is 87.7 cm³/mol. The van der Waals surface area contributed by atoms with Crippen LogP contribution in [-0.2, 0) is 0 Å². The number of carbonyl (C=O) groups excluding carboxylic acids is 1. The first-order valence-corrected chi connectivity index (χ1v) is 7.54. The minimum Gasteiger partial charge on any atom is -0.350 e. The Balaban J connectivity index is 1.89. The van der Waals surface area contributed by atoms with Crippen molar-refractivity contribution in [3.63, 3.8) is 0 Å². The van der Waals surface area contributed by atoms with E-state index in [2.05, 4.69) is 15.5 Å². The molecule has 0 aliphatic rings. The smallest absolute Gasteiger partial charge is 0.258 e. The Morgan fingerprint density at radius 1 is 1.12 bits per heavy atom. The third-order valence-electron chi connectivity index (χ3n) is 3.30. The van der Waals surface area contributed by atoms with E-state index in [0.29, 0.717) is 22.5 Å². The molecular weight excluding hydrogens is 309 g/mol. The van der Waals surface area contributed by atoms with Crippen molar-refractivity contribution in [2.24, 2.45) is 0 Å². The van der Waals surface area contributed by atoms with Crippen LogP contribution in [0.15, 0.2) is 53.1 Å². The van der Waals surface area contributed by atoms with Crippen LogP contribution in [-0.4, -0.2) is 22.1 Å². The molecular formula is C18H16FN3O2. The van der Waals surface area contributed by atoms with Gasteiger partial charge >= 0.3 is 0 Å². The lowest BCUT2D eigenvalue weighted by atomic mass is 10.1. The van der Waals surface area contributed by atoms with Crippen molar-refractivity contribution in [3.05, 3.63) is 59.9 Å². The Hall–Kier alpha value is -3.02. The maximum atomic E-state index is 13.3. The lowest BCUT2D eigenvalue weighted by Gasteiger charge is -2.08. The van der Waals surface area contributed by atoms with Crippen LogP contribution < -0.4 is 5.32 Å². The third-order valence-corrected chi connectivity index (χ3v) is 3.30. The van der Waals surface area contributed by atoms with Gasteiger partial charge in [0.2, 0.25) is 5.82 Å². The fraction of sp³-hybridized carbons (Fsp3) is 0.167. The number of hydrogen-bond donors (Lipinski definition) is 1. The van der Waals surface area contributed by atoms with Crippen LogP contribution in [0.25, 0.3) is 22.8 Å². The predicted octanol–water partition coefficient (Wildman–Crippen LogP) is 3.68. The van der Waals surface area contributed by atoms with Crippen molar-refractivity contribution in [3.8, 4) is 22.8 Å². The summed E-state index contributed by atoms with van der Waals surface area (Å²) in [6.45, 7) is 3.79. The Kier molecular flexibility index (Phi) is 4.37. The van der Waals surface area contributed by atoms with Crippen molar-refractivity contribution in [1.29, 1.82) is 0 Å². The summed E-state index contributed by atoms with van der Waals surface area (Å²) in [5.41, 5.74) is 1.67. The molecule has 1 amide bonds. The molecule has 2 aromatic carbocycles. The quantitative estimate of drug-likeness (QED) is 0.794. The third kappa shape index (κ3) is 3.48. The normalized spacial score (nSPS) is 10.8. The number of nitrogens with zero attached hydrogens (tertiary/aromatic N) is 2. The Bertz CT molecular complexity index is 874. The largest absolute Gasteiger partial charge is 0.350 e. The first kappa shape index (κ1) is 15.9. The van der Waals surface area contributed by atoms with Crippen molar-refractivity contribution >= 4 is 5.91 Å². The summed E-state index contributed by atoms with van der Waals surface area (Å²) in [6, 6.07) is 12.9. The van der Waals surface area contributed by atoms with Gasteiger partial charge in [-0.05, 0) is 44.2 Å². The molecule has 0 fully saturated rings. The molecule has 0 saturated carbocycles. The highest BCUT2D eigenvalue weighted by Gasteiger charge is 2.13. The van der Waals surface area contributed by atoms with E-state index in [1.165, 1.54) is 12.1 Å². The average molecular weight is 325 g/mol. The van der Waals surface area contributed by atoms with Crippen LogP contribution >= 0.6 is 0 Å². The maximum absolute atomic E-state index is 13.3. The molecule has 0 radical (unpaired) electrons. The number of hydrogen-bond acceptors (Lipinski definition) is 4. The summed E-state index contributed by atoms with van der Waals surface area (Å²) in [5.74, 6) is 0.0234. The summed E-state index contributed by atoms with van der Waals surface area (Å²) in [4.78, 5) is 16.4. The van der Waals surface area contributed by atoms with Crippen LogP contribution in [0, 0.1) is 5.82 Å². The lowest BCUT2D eigenvalue weighted by molar-refractivity contribution is 0.0943. The number of halogens is 1. The van der Waals surface area contributed by atoms with Gasteiger partial charge in [0.05, 0.1) is 0 Å². The van der Waals surface area contributed by atoms with Crippen molar-refractivity contribution in [2.75, 3.05) is 0 Å². The minimum absolute atomic E-state index is 0.0471. The number of nitrogens with one attached hydrogen (secondary N) is 1. The summed E-state index contributed by atoms with van der Waals surface area (Å²) in [7, 11) is 0. The highest BCUT2D eigenvalue weighted by molar-refractivity contribution is 5.95. The van der Waals surface area contributed by atoms with E-state index in [4.69, 9.17) is 4.52 Å². The van der Waals surface area contributed by atoms with Crippen LogP contribution in [0.2, 0.25) is 0 Å². The highest BCUT2D eigenvalue weighted by atomic mass is 19.1. The van der Waals surface area contributed by atoms with E-state index in [-0.39, 0.29) is 23.7 Å². The molecule has 1 heterocycles. The molecule has 122 valence electrons. The van der Waals surface area contributed by atoms with Gasteiger partial charge in [0.1, 0.15) is 5.82 Å². The molecule has 0 spiro atoms. The average Bonchev–Trinajstić information content (AvgIpc) is 3.04. The second-order valence-electron chi connectivity index (χ2n) is 5.64. The van der Waals surface area contributed by atoms with Gasteiger partial charge in [0.25, 0.3) is 11.8 Å². The molecule has 0 unspecified atom stereocenters. The van der Waals surface area contributed by atoms with Crippen LogP contribution in [0.3, 0.4) is 0 Å². The molecule has 0 aliphatic heterocycles. The minimum atomic E-state index is -0.375. The molecule has 3 rings (SSSR count). The molecule has 0 bridgehead atoms. The van der Waals surface area contributed by atoms with E-state index < -0.39 is 0 Å². The Morgan fingerprint density at radius 3 is 2.62 bits per heavy atom. The summed E-state index contributed by atoms with van der Waals surface area (Å²) < 4.78 is 18.5. The van der Waals surface area contributed by atoms with E-state index in [9.17, 15) is 9.18 Å². The Morgan fingerprint density at radius 2 is 1.88 bits per heavy atom. The van der Waals surface area contributed by atoms with Gasteiger partial charge in [-0.15, -0.1) is 0 Å². The van der Waals surface area contributed by atoms with Gasteiger partial charge in [0, 0.05) is 22.7 Å². The zero-order chi connectivity index (χ0) is 17.1. The molecule has 0 saturated heterocycles. The van der Waals surface area contributed by atoms with Crippen molar-refractivity contribution in [1.82, 2.24) is 15.5 Å². The molecule has 24 heavy (non-hydrogen) atoms. The number of benzene rings is 2. The standard InChI is InChI=1S/C18H16FN3O2/c1-11(2)20-17(23)13-6-3-5-12(9-13)16-21-18(24-22-16)14-7-4-8-15(19)10-14/h3-11H,1-2H3,(H,20,23). The van der Waals surface area contributed by atoms with Gasteiger partial charge in [0.15, 0.2) is 0 Å². The lowest BCUT2D eigenvalue weighted by Crippen LogP contribution is -2.30. The SMILES string of the molecule is CC(C)NC(=O)c1cccc(-c2noc(-c3cccc(F)c3)n2)c1. The number of amides is 1. The van der Waals surface area contributed by atoms with E-state index in [1.54, 1.807) is 36.4 Å². The van der Waals surface area contributed by atoms with E-state index in [0.717, 1.165) is 0 Å². The van der Waals surface area contributed by atoms with Crippen LogP contribution in [0.5, 0.6) is 0 Å². The van der Waals surface area contributed by atoms with Gasteiger partial charge in [-0.1, -0.05) is 23.4 Å².